The van der Waals surface area contributed by atoms with Crippen LogP contribution in [-0.4, -0.2) is 26.4 Å². The number of aliphatic imine (C=N–C) groups is 1. The van der Waals surface area contributed by atoms with E-state index in [-0.39, 0.29) is 0 Å². The van der Waals surface area contributed by atoms with Crippen molar-refractivity contribution < 1.29 is 0 Å². The topological polar surface area (TPSA) is 50.4 Å². The molecule has 0 rings (SSSR count). The molecule has 22 heavy (non-hydrogen) atoms. The van der Waals surface area contributed by atoms with E-state index in [4.69, 9.17) is 0 Å². The van der Waals surface area contributed by atoms with Gasteiger partial charge in [0.2, 0.25) is 0 Å². The maximum Gasteiger partial charge on any atom is 0.0780 e. The van der Waals surface area contributed by atoms with Crippen LogP contribution >= 0.6 is 0 Å². The van der Waals surface area contributed by atoms with Gasteiger partial charge in [-0.1, -0.05) is 38.5 Å². The Morgan fingerprint density at radius 2 is 2.00 bits per heavy atom. The Bertz CT molecular complexity index is 330. The van der Waals surface area contributed by atoms with E-state index >= 15 is 0 Å². The third-order valence-electron chi connectivity index (χ3n) is 3.19. The fraction of sp³-hybridized carbons (Fsp3) is 0.632. The second-order valence-electron chi connectivity index (χ2n) is 5.47. The molecule has 0 aromatic rings. The van der Waals surface area contributed by atoms with Crippen LogP contribution in [0.1, 0.15) is 52.9 Å². The predicted octanol–water partition coefficient (Wildman–Crippen LogP) is 4.47. The Morgan fingerprint density at radius 3 is 2.59 bits per heavy atom. The smallest absolute Gasteiger partial charge is 0.0780 e. The number of rotatable bonds is 12. The van der Waals surface area contributed by atoms with Gasteiger partial charge >= 0.3 is 0 Å². The number of hydrogen-bond acceptors (Lipinski definition) is 3. The number of allylic oxidation sites excluding steroid dienone is 3. The molecule has 0 bridgehead atoms. The van der Waals surface area contributed by atoms with Crippen LogP contribution in [0.25, 0.3) is 0 Å². The Labute approximate surface area is 138 Å². The van der Waals surface area contributed by atoms with Crippen LogP contribution in [0.4, 0.5) is 0 Å². The second kappa shape index (κ2) is 17.7. The lowest BCUT2D eigenvalue weighted by atomic mass is 10.00. The molecular weight excluding hydrogens is 270 g/mol. The summed E-state index contributed by atoms with van der Waals surface area (Å²) >= 11 is 0. The van der Waals surface area contributed by atoms with E-state index < -0.39 is 0 Å². The average molecular weight is 308 g/mol. The van der Waals surface area contributed by atoms with Gasteiger partial charge in [-0.2, -0.15) is 0 Å². The Morgan fingerprint density at radius 1 is 1.32 bits per heavy atom. The zero-order chi connectivity index (χ0) is 17.2. The Kier molecular flexibility index (Phi) is 18.4. The van der Waals surface area contributed by atoms with Crippen molar-refractivity contribution in [3.8, 4) is 0 Å². The standard InChI is InChI=1S/C18H32N2.CH5N/c1-6-11-16(3)12-9-8-10-13-17(4)14-19-15-18(5)20-7-2;1-2/h6,13-14,16,20H,1,5,7-12,15H2,2-4H3;2H2,1H3/b17-13+,19-14?;. The summed E-state index contributed by atoms with van der Waals surface area (Å²) in [5.41, 5.74) is 6.72. The van der Waals surface area contributed by atoms with Crippen LogP contribution in [-0.2, 0) is 0 Å². The van der Waals surface area contributed by atoms with E-state index in [9.17, 15) is 0 Å². The molecule has 0 heterocycles. The molecule has 3 heteroatoms. The largest absolute Gasteiger partial charge is 0.388 e. The molecule has 0 amide bonds. The summed E-state index contributed by atoms with van der Waals surface area (Å²) < 4.78 is 0. The zero-order valence-electron chi connectivity index (χ0n) is 15.2. The molecule has 0 aromatic heterocycles. The number of likely N-dealkylation sites (N-methyl/N-ethyl adjacent to an activating group) is 1. The second-order valence-corrected chi connectivity index (χ2v) is 5.47. The molecule has 1 unspecified atom stereocenters. The SMILES string of the molecule is C=CCC(C)CCCC/C=C(\C)C=NCC(=C)NCC.CN. The van der Waals surface area contributed by atoms with Crippen LogP contribution < -0.4 is 11.1 Å². The maximum atomic E-state index is 4.50. The summed E-state index contributed by atoms with van der Waals surface area (Å²) in [4.78, 5) is 4.37. The summed E-state index contributed by atoms with van der Waals surface area (Å²) in [6, 6.07) is 0. The molecule has 1 atom stereocenters. The van der Waals surface area contributed by atoms with Crippen molar-refractivity contribution in [2.75, 3.05) is 20.1 Å². The highest BCUT2D eigenvalue weighted by molar-refractivity contribution is 5.77. The fourth-order valence-electron chi connectivity index (χ4n) is 2.03. The molecule has 0 aliphatic rings. The van der Waals surface area contributed by atoms with Gasteiger partial charge in [0, 0.05) is 18.5 Å². The van der Waals surface area contributed by atoms with Gasteiger partial charge in [-0.05, 0) is 51.6 Å². The summed E-state index contributed by atoms with van der Waals surface area (Å²) in [6.07, 6.45) is 12.4. The van der Waals surface area contributed by atoms with Gasteiger partial charge in [0.05, 0.1) is 6.54 Å². The van der Waals surface area contributed by atoms with E-state index in [1.807, 2.05) is 12.3 Å². The first-order valence-electron chi connectivity index (χ1n) is 8.37. The monoisotopic (exact) mass is 307 g/mol. The summed E-state index contributed by atoms with van der Waals surface area (Å²) in [5, 5.41) is 3.17. The molecule has 0 fully saturated rings. The minimum Gasteiger partial charge on any atom is -0.388 e. The van der Waals surface area contributed by atoms with Crippen molar-refractivity contribution in [2.24, 2.45) is 16.6 Å². The lowest BCUT2D eigenvalue weighted by Crippen LogP contribution is -2.13. The molecule has 0 saturated carbocycles. The van der Waals surface area contributed by atoms with Crippen LogP contribution in [0.15, 0.2) is 41.6 Å². The lowest BCUT2D eigenvalue weighted by Gasteiger charge is -2.06. The normalized spacial score (nSPS) is 12.5. The molecule has 128 valence electrons. The Hall–Kier alpha value is -1.35. The molecule has 3 N–H and O–H groups in total. The van der Waals surface area contributed by atoms with E-state index in [0.717, 1.165) is 31.0 Å². The van der Waals surface area contributed by atoms with Crippen molar-refractivity contribution in [3.63, 3.8) is 0 Å². The molecule has 3 nitrogen and oxygen atoms in total. The minimum absolute atomic E-state index is 0.665. The predicted molar refractivity (Wildman–Crippen MR) is 102 cm³/mol. The molecule has 0 radical (unpaired) electrons. The highest BCUT2D eigenvalue weighted by atomic mass is 14.9. The quantitative estimate of drug-likeness (QED) is 0.317. The summed E-state index contributed by atoms with van der Waals surface area (Å²) in [7, 11) is 1.50. The third-order valence-corrected chi connectivity index (χ3v) is 3.19. The van der Waals surface area contributed by atoms with Crippen LogP contribution in [0.5, 0.6) is 0 Å². The Balaban J connectivity index is 0. The average Bonchev–Trinajstić information content (AvgIpc) is 2.49. The van der Waals surface area contributed by atoms with Crippen molar-refractivity contribution in [1.82, 2.24) is 5.32 Å². The van der Waals surface area contributed by atoms with Gasteiger partial charge in [0.25, 0.3) is 0 Å². The third kappa shape index (κ3) is 16.7. The van der Waals surface area contributed by atoms with Gasteiger partial charge in [-0.15, -0.1) is 6.58 Å². The zero-order valence-corrected chi connectivity index (χ0v) is 15.2. The first kappa shape index (κ1) is 22.9. The number of unbranched alkanes of at least 4 members (excludes halogenated alkanes) is 2. The van der Waals surface area contributed by atoms with Crippen molar-refractivity contribution in [1.29, 1.82) is 0 Å². The van der Waals surface area contributed by atoms with Gasteiger partial charge in [0.15, 0.2) is 0 Å². The van der Waals surface area contributed by atoms with Crippen LogP contribution in [0.3, 0.4) is 0 Å². The first-order chi connectivity index (χ1) is 10.6. The molecular formula is C19H37N3. The summed E-state index contributed by atoms with van der Waals surface area (Å²) in [5.74, 6) is 0.774. The van der Waals surface area contributed by atoms with Crippen molar-refractivity contribution in [2.45, 2.75) is 52.9 Å². The van der Waals surface area contributed by atoms with Crippen LogP contribution in [0, 0.1) is 5.92 Å². The number of nitrogens with two attached hydrogens (primary N) is 1. The minimum atomic E-state index is 0.665. The van der Waals surface area contributed by atoms with E-state index in [0.29, 0.717) is 6.54 Å². The van der Waals surface area contributed by atoms with Gasteiger partial charge < -0.3 is 11.1 Å². The van der Waals surface area contributed by atoms with Gasteiger partial charge in [-0.25, -0.2) is 0 Å². The number of nitrogens with zero attached hydrogens (tertiary/aromatic N) is 1. The highest BCUT2D eigenvalue weighted by Crippen LogP contribution is 2.13. The van der Waals surface area contributed by atoms with E-state index in [1.54, 1.807) is 0 Å². The molecule has 0 spiro atoms. The maximum absolute atomic E-state index is 4.50. The number of nitrogens with one attached hydrogen (secondary N) is 1. The van der Waals surface area contributed by atoms with E-state index in [1.165, 1.54) is 31.9 Å². The van der Waals surface area contributed by atoms with Crippen LogP contribution in [0.2, 0.25) is 0 Å². The molecule has 0 saturated heterocycles. The van der Waals surface area contributed by atoms with Crippen molar-refractivity contribution in [3.05, 3.63) is 36.6 Å². The molecule has 0 aliphatic carbocycles. The molecule has 0 aromatic carbocycles. The van der Waals surface area contributed by atoms with Crippen molar-refractivity contribution >= 4 is 6.21 Å². The highest BCUT2D eigenvalue weighted by Gasteiger charge is 1.98. The number of hydrogen-bond donors (Lipinski definition) is 2. The van der Waals surface area contributed by atoms with E-state index in [2.05, 4.69) is 56.0 Å². The van der Waals surface area contributed by atoms with Gasteiger partial charge in [-0.3, -0.25) is 4.99 Å². The first-order valence-corrected chi connectivity index (χ1v) is 8.37. The summed E-state index contributed by atoms with van der Waals surface area (Å²) in [6.45, 7) is 15.7. The molecule has 0 aliphatic heterocycles. The van der Waals surface area contributed by atoms with Gasteiger partial charge in [0.1, 0.15) is 0 Å². The fourth-order valence-corrected chi connectivity index (χ4v) is 2.03. The lowest BCUT2D eigenvalue weighted by molar-refractivity contribution is 0.505.